The molecule has 0 saturated heterocycles. The molecule has 0 amide bonds. The number of hydrogen-bond acceptors (Lipinski definition) is 2. The van der Waals surface area contributed by atoms with E-state index in [4.69, 9.17) is 0 Å². The number of nitrogens with one attached hydrogen (secondary N) is 1. The molecule has 0 saturated carbocycles. The van der Waals surface area contributed by atoms with Gasteiger partial charge in [0.15, 0.2) is 0 Å². The zero-order valence-electron chi connectivity index (χ0n) is 14.0. The Morgan fingerprint density at radius 2 is 1.76 bits per heavy atom. The first kappa shape index (κ1) is 15.6. The number of hydrogen-bond donors (Lipinski definition) is 1. The zero-order chi connectivity index (χ0) is 15.6. The van der Waals surface area contributed by atoms with Crippen molar-refractivity contribution in [3.63, 3.8) is 0 Å². The summed E-state index contributed by atoms with van der Waals surface area (Å²) in [5.74, 6) is 2.11. The molecule has 0 aliphatic rings. The van der Waals surface area contributed by atoms with E-state index in [1.54, 1.807) is 0 Å². The van der Waals surface area contributed by atoms with Gasteiger partial charge in [-0.1, -0.05) is 39.8 Å². The highest BCUT2D eigenvalue weighted by molar-refractivity contribution is 5.55. The maximum atomic E-state index is 4.43. The Labute approximate surface area is 128 Å². The van der Waals surface area contributed by atoms with E-state index in [-0.39, 0.29) is 6.04 Å². The predicted octanol–water partition coefficient (Wildman–Crippen LogP) is 4.84. The summed E-state index contributed by atoms with van der Waals surface area (Å²) < 4.78 is 2.06. The molecule has 2 rings (SSSR count). The van der Waals surface area contributed by atoms with Crippen molar-refractivity contribution in [2.75, 3.05) is 5.32 Å². The number of imidazole rings is 1. The second-order valence-corrected chi connectivity index (χ2v) is 6.42. The average Bonchev–Trinajstić information content (AvgIpc) is 2.85. The van der Waals surface area contributed by atoms with E-state index in [2.05, 4.69) is 67.7 Å². The molecule has 21 heavy (non-hydrogen) atoms. The van der Waals surface area contributed by atoms with Crippen molar-refractivity contribution in [3.8, 4) is 0 Å². The fraction of sp³-hybridized carbons (Fsp3) is 0.500. The van der Waals surface area contributed by atoms with Gasteiger partial charge in [-0.05, 0) is 36.0 Å². The van der Waals surface area contributed by atoms with E-state index < -0.39 is 0 Å². The lowest BCUT2D eigenvalue weighted by Gasteiger charge is -2.21. The van der Waals surface area contributed by atoms with Crippen molar-refractivity contribution in [3.05, 3.63) is 47.5 Å². The number of aromatic nitrogens is 2. The predicted molar refractivity (Wildman–Crippen MR) is 89.9 cm³/mol. The summed E-state index contributed by atoms with van der Waals surface area (Å²) >= 11 is 0. The topological polar surface area (TPSA) is 29.9 Å². The standard InChI is InChI=1S/C18H27N3/c1-12(2)15-7-8-17(16(11-15)13(3)4)20-14(5)18-19-9-10-21(18)6/h7-14,20H,1-6H3. The van der Waals surface area contributed by atoms with Crippen molar-refractivity contribution < 1.29 is 0 Å². The smallest absolute Gasteiger partial charge is 0.130 e. The fourth-order valence-electron chi connectivity index (χ4n) is 2.64. The summed E-state index contributed by atoms with van der Waals surface area (Å²) in [4.78, 5) is 4.43. The fourth-order valence-corrected chi connectivity index (χ4v) is 2.64. The third kappa shape index (κ3) is 3.46. The van der Waals surface area contributed by atoms with E-state index in [0.717, 1.165) is 5.82 Å². The molecule has 0 aliphatic carbocycles. The van der Waals surface area contributed by atoms with Crippen LogP contribution in [-0.2, 0) is 7.05 Å². The summed E-state index contributed by atoms with van der Waals surface area (Å²) in [7, 11) is 2.03. The quantitative estimate of drug-likeness (QED) is 0.852. The van der Waals surface area contributed by atoms with Gasteiger partial charge in [0, 0.05) is 25.1 Å². The maximum Gasteiger partial charge on any atom is 0.130 e. The molecule has 1 aromatic heterocycles. The SMILES string of the molecule is CC(C)c1ccc(NC(C)c2nccn2C)c(C(C)C)c1. The average molecular weight is 285 g/mol. The van der Waals surface area contributed by atoms with Gasteiger partial charge in [-0.3, -0.25) is 0 Å². The van der Waals surface area contributed by atoms with Crippen LogP contribution in [0.15, 0.2) is 30.6 Å². The van der Waals surface area contributed by atoms with Gasteiger partial charge >= 0.3 is 0 Å². The molecule has 0 bridgehead atoms. The molecule has 0 radical (unpaired) electrons. The van der Waals surface area contributed by atoms with Gasteiger partial charge in [0.2, 0.25) is 0 Å². The van der Waals surface area contributed by atoms with Crippen LogP contribution in [0, 0.1) is 0 Å². The van der Waals surface area contributed by atoms with Crippen LogP contribution in [0.2, 0.25) is 0 Å². The van der Waals surface area contributed by atoms with Crippen molar-refractivity contribution in [1.82, 2.24) is 9.55 Å². The number of aryl methyl sites for hydroxylation is 1. The Morgan fingerprint density at radius 3 is 2.29 bits per heavy atom. The van der Waals surface area contributed by atoms with Crippen LogP contribution in [0.4, 0.5) is 5.69 Å². The highest BCUT2D eigenvalue weighted by Gasteiger charge is 2.14. The molecule has 1 unspecified atom stereocenters. The van der Waals surface area contributed by atoms with Gasteiger partial charge in [0.25, 0.3) is 0 Å². The summed E-state index contributed by atoms with van der Waals surface area (Å²) in [6, 6.07) is 6.96. The first-order valence-corrected chi connectivity index (χ1v) is 7.77. The van der Waals surface area contributed by atoms with Crippen molar-refractivity contribution in [2.45, 2.75) is 52.5 Å². The molecule has 3 nitrogen and oxygen atoms in total. The first-order valence-electron chi connectivity index (χ1n) is 7.77. The maximum absolute atomic E-state index is 4.43. The van der Waals surface area contributed by atoms with Crippen molar-refractivity contribution in [2.24, 2.45) is 7.05 Å². The molecule has 1 atom stereocenters. The minimum atomic E-state index is 0.187. The monoisotopic (exact) mass is 285 g/mol. The third-order valence-corrected chi connectivity index (χ3v) is 3.98. The number of anilines is 1. The Hall–Kier alpha value is -1.77. The first-order chi connectivity index (χ1) is 9.90. The molecule has 3 heteroatoms. The van der Waals surface area contributed by atoms with Crippen LogP contribution in [0.25, 0.3) is 0 Å². The van der Waals surface area contributed by atoms with E-state index in [1.807, 2.05) is 19.4 Å². The normalized spacial score (nSPS) is 13.0. The van der Waals surface area contributed by atoms with Crippen LogP contribution < -0.4 is 5.32 Å². The minimum absolute atomic E-state index is 0.187. The Bertz CT molecular complexity index is 596. The van der Waals surface area contributed by atoms with Gasteiger partial charge in [0.05, 0.1) is 6.04 Å². The molecule has 1 N–H and O–H groups in total. The Balaban J connectivity index is 2.29. The van der Waals surface area contributed by atoms with Crippen molar-refractivity contribution in [1.29, 1.82) is 0 Å². The Kier molecular flexibility index (Phi) is 4.71. The van der Waals surface area contributed by atoms with Gasteiger partial charge < -0.3 is 9.88 Å². The van der Waals surface area contributed by atoms with Gasteiger partial charge in [-0.15, -0.1) is 0 Å². The number of benzene rings is 1. The van der Waals surface area contributed by atoms with Crippen molar-refractivity contribution >= 4 is 5.69 Å². The van der Waals surface area contributed by atoms with Crippen LogP contribution in [-0.4, -0.2) is 9.55 Å². The highest BCUT2D eigenvalue weighted by Crippen LogP contribution is 2.30. The molecule has 0 spiro atoms. The van der Waals surface area contributed by atoms with E-state index in [0.29, 0.717) is 11.8 Å². The molecule has 0 fully saturated rings. The Morgan fingerprint density at radius 1 is 1.05 bits per heavy atom. The highest BCUT2D eigenvalue weighted by atomic mass is 15.1. The van der Waals surface area contributed by atoms with E-state index in [1.165, 1.54) is 16.8 Å². The summed E-state index contributed by atoms with van der Waals surface area (Å²) in [6.07, 6.45) is 3.83. The minimum Gasteiger partial charge on any atom is -0.375 e. The molecule has 1 heterocycles. The number of rotatable bonds is 5. The molecule has 0 aliphatic heterocycles. The van der Waals surface area contributed by atoms with Crippen LogP contribution in [0.1, 0.15) is 69.4 Å². The van der Waals surface area contributed by atoms with Crippen LogP contribution in [0.3, 0.4) is 0 Å². The molecule has 2 aromatic rings. The molecule has 114 valence electrons. The summed E-state index contributed by atoms with van der Waals surface area (Å²) in [5.41, 5.74) is 3.99. The molecular formula is C18H27N3. The zero-order valence-corrected chi connectivity index (χ0v) is 14.0. The van der Waals surface area contributed by atoms with E-state index >= 15 is 0 Å². The van der Waals surface area contributed by atoms with E-state index in [9.17, 15) is 0 Å². The largest absolute Gasteiger partial charge is 0.375 e. The molecular weight excluding hydrogens is 258 g/mol. The molecule has 1 aromatic carbocycles. The van der Waals surface area contributed by atoms with Gasteiger partial charge in [-0.25, -0.2) is 4.98 Å². The van der Waals surface area contributed by atoms with Gasteiger partial charge in [-0.2, -0.15) is 0 Å². The van der Waals surface area contributed by atoms with Crippen LogP contribution >= 0.6 is 0 Å². The second kappa shape index (κ2) is 6.33. The lowest BCUT2D eigenvalue weighted by atomic mass is 9.94. The second-order valence-electron chi connectivity index (χ2n) is 6.42. The lowest BCUT2D eigenvalue weighted by molar-refractivity contribution is 0.718. The van der Waals surface area contributed by atoms with Crippen LogP contribution in [0.5, 0.6) is 0 Å². The van der Waals surface area contributed by atoms with Gasteiger partial charge in [0.1, 0.15) is 5.82 Å². The number of nitrogens with zero attached hydrogens (tertiary/aromatic N) is 2. The summed E-state index contributed by atoms with van der Waals surface area (Å²) in [5, 5.41) is 3.62. The third-order valence-electron chi connectivity index (χ3n) is 3.98. The summed E-state index contributed by atoms with van der Waals surface area (Å²) in [6.45, 7) is 11.1. The lowest BCUT2D eigenvalue weighted by Crippen LogP contribution is -2.13.